The first-order valence-electron chi connectivity index (χ1n) is 7.30. The lowest BCUT2D eigenvalue weighted by Gasteiger charge is -2.35. The summed E-state index contributed by atoms with van der Waals surface area (Å²) in [6.45, 7) is 5.02. The van der Waals surface area contributed by atoms with Gasteiger partial charge in [-0.05, 0) is 31.2 Å². The molecule has 2 heterocycles. The molecule has 0 radical (unpaired) electrons. The quantitative estimate of drug-likeness (QED) is 0.793. The van der Waals surface area contributed by atoms with Crippen LogP contribution in [0.5, 0.6) is 0 Å². The van der Waals surface area contributed by atoms with Crippen molar-refractivity contribution < 1.29 is 4.79 Å². The molecule has 1 aromatic carbocycles. The molecule has 0 N–H and O–H groups in total. The zero-order valence-corrected chi connectivity index (χ0v) is 12.2. The molecule has 0 unspecified atom stereocenters. The molecule has 4 heteroatoms. The van der Waals surface area contributed by atoms with Gasteiger partial charge >= 0.3 is 0 Å². The van der Waals surface area contributed by atoms with Gasteiger partial charge in [-0.3, -0.25) is 4.79 Å². The fraction of sp³-hybridized carbons (Fsp3) is 0.294. The van der Waals surface area contributed by atoms with Gasteiger partial charge in [-0.15, -0.1) is 0 Å². The Morgan fingerprint density at radius 1 is 1.10 bits per heavy atom. The molecule has 1 saturated heterocycles. The van der Waals surface area contributed by atoms with Gasteiger partial charge in [-0.1, -0.05) is 24.3 Å². The van der Waals surface area contributed by atoms with Gasteiger partial charge < -0.3 is 9.80 Å². The number of anilines is 1. The zero-order valence-electron chi connectivity index (χ0n) is 12.2. The SMILES string of the molecule is C/C=C/C(=O)N1CCN(c2ccc3ccccc3n2)CC1. The monoisotopic (exact) mass is 281 g/mol. The van der Waals surface area contributed by atoms with Crippen molar-refractivity contribution in [2.75, 3.05) is 31.1 Å². The highest BCUT2D eigenvalue weighted by Gasteiger charge is 2.20. The molecule has 1 aliphatic heterocycles. The lowest BCUT2D eigenvalue weighted by Crippen LogP contribution is -2.48. The van der Waals surface area contributed by atoms with Gasteiger partial charge in [0.15, 0.2) is 0 Å². The maximum Gasteiger partial charge on any atom is 0.246 e. The summed E-state index contributed by atoms with van der Waals surface area (Å²) < 4.78 is 0. The normalized spacial score (nSPS) is 15.9. The van der Waals surface area contributed by atoms with E-state index in [0.29, 0.717) is 0 Å². The standard InChI is InChI=1S/C17H19N3O/c1-2-5-17(21)20-12-10-19(11-13-20)16-9-8-14-6-3-4-7-15(14)18-16/h2-9H,10-13H2,1H3/b5-2+. The number of fused-ring (bicyclic) bond motifs is 1. The summed E-state index contributed by atoms with van der Waals surface area (Å²) in [5.41, 5.74) is 1.02. The Balaban J connectivity index is 1.72. The number of amides is 1. The summed E-state index contributed by atoms with van der Waals surface area (Å²) in [4.78, 5) is 20.7. The minimum Gasteiger partial charge on any atom is -0.353 e. The average molecular weight is 281 g/mol. The smallest absolute Gasteiger partial charge is 0.246 e. The Morgan fingerprint density at radius 2 is 1.86 bits per heavy atom. The van der Waals surface area contributed by atoms with E-state index in [2.05, 4.69) is 23.1 Å². The van der Waals surface area contributed by atoms with Crippen LogP contribution < -0.4 is 4.90 Å². The molecule has 1 aromatic heterocycles. The van der Waals surface area contributed by atoms with E-state index < -0.39 is 0 Å². The zero-order chi connectivity index (χ0) is 14.7. The molecule has 21 heavy (non-hydrogen) atoms. The van der Waals surface area contributed by atoms with E-state index in [9.17, 15) is 4.79 Å². The van der Waals surface area contributed by atoms with Gasteiger partial charge in [0.2, 0.25) is 5.91 Å². The minimum absolute atomic E-state index is 0.101. The van der Waals surface area contributed by atoms with Crippen molar-refractivity contribution in [2.24, 2.45) is 0 Å². The number of carbonyl (C=O) groups excluding carboxylic acids is 1. The summed E-state index contributed by atoms with van der Waals surface area (Å²) in [5.74, 6) is 1.09. The van der Waals surface area contributed by atoms with Crippen molar-refractivity contribution >= 4 is 22.6 Å². The van der Waals surface area contributed by atoms with Crippen LogP contribution in [0.15, 0.2) is 48.6 Å². The second-order valence-corrected chi connectivity index (χ2v) is 5.17. The fourth-order valence-electron chi connectivity index (χ4n) is 2.64. The largest absolute Gasteiger partial charge is 0.353 e. The van der Waals surface area contributed by atoms with E-state index >= 15 is 0 Å². The molecule has 3 rings (SSSR count). The number of carbonyl (C=O) groups is 1. The Labute approximate surface area is 124 Å². The fourth-order valence-corrected chi connectivity index (χ4v) is 2.64. The molecule has 1 amide bonds. The molecule has 0 aliphatic carbocycles. The number of aromatic nitrogens is 1. The molecular weight excluding hydrogens is 262 g/mol. The lowest BCUT2D eigenvalue weighted by atomic mass is 10.2. The van der Waals surface area contributed by atoms with Crippen molar-refractivity contribution in [2.45, 2.75) is 6.92 Å². The number of nitrogens with zero attached hydrogens (tertiary/aromatic N) is 3. The summed E-state index contributed by atoms with van der Waals surface area (Å²) in [6, 6.07) is 12.3. The molecule has 2 aromatic rings. The predicted octanol–water partition coefficient (Wildman–Crippen LogP) is 2.46. The van der Waals surface area contributed by atoms with Crippen LogP contribution in [0.3, 0.4) is 0 Å². The van der Waals surface area contributed by atoms with Gasteiger partial charge in [-0.2, -0.15) is 0 Å². The number of hydrogen-bond donors (Lipinski definition) is 0. The number of para-hydroxylation sites is 1. The second kappa shape index (κ2) is 5.95. The van der Waals surface area contributed by atoms with E-state index in [1.54, 1.807) is 12.2 Å². The van der Waals surface area contributed by atoms with Crippen molar-refractivity contribution in [1.82, 2.24) is 9.88 Å². The van der Waals surface area contributed by atoms with Crippen molar-refractivity contribution in [3.8, 4) is 0 Å². The molecule has 108 valence electrons. The average Bonchev–Trinajstić information content (AvgIpc) is 2.55. The van der Waals surface area contributed by atoms with Crippen LogP contribution >= 0.6 is 0 Å². The third kappa shape index (κ3) is 2.89. The third-order valence-corrected chi connectivity index (χ3v) is 3.81. The molecule has 0 atom stereocenters. The van der Waals surface area contributed by atoms with Gasteiger partial charge in [0.25, 0.3) is 0 Å². The first-order valence-corrected chi connectivity index (χ1v) is 7.30. The second-order valence-electron chi connectivity index (χ2n) is 5.17. The molecular formula is C17H19N3O. The molecule has 0 bridgehead atoms. The molecule has 4 nitrogen and oxygen atoms in total. The topological polar surface area (TPSA) is 36.4 Å². The van der Waals surface area contributed by atoms with Crippen molar-refractivity contribution in [3.05, 3.63) is 48.6 Å². The van der Waals surface area contributed by atoms with Crippen LogP contribution in [0, 0.1) is 0 Å². The summed E-state index contributed by atoms with van der Waals surface area (Å²) in [6.07, 6.45) is 3.42. The number of allylic oxidation sites excluding steroid dienone is 1. The lowest BCUT2D eigenvalue weighted by molar-refractivity contribution is -0.126. The maximum absolute atomic E-state index is 11.8. The first kappa shape index (κ1) is 13.6. The number of benzene rings is 1. The van der Waals surface area contributed by atoms with Gasteiger partial charge in [0.05, 0.1) is 5.52 Å². The van der Waals surface area contributed by atoms with Crippen LogP contribution in [0.1, 0.15) is 6.92 Å². The van der Waals surface area contributed by atoms with Gasteiger partial charge in [0, 0.05) is 31.6 Å². The molecule has 0 saturated carbocycles. The Kier molecular flexibility index (Phi) is 3.86. The van der Waals surface area contributed by atoms with Crippen molar-refractivity contribution in [3.63, 3.8) is 0 Å². The Morgan fingerprint density at radius 3 is 2.62 bits per heavy atom. The number of rotatable bonds is 2. The van der Waals surface area contributed by atoms with Crippen LogP contribution in [0.25, 0.3) is 10.9 Å². The van der Waals surface area contributed by atoms with Crippen LogP contribution in [0.2, 0.25) is 0 Å². The Bertz CT molecular complexity index is 673. The van der Waals surface area contributed by atoms with Gasteiger partial charge in [0.1, 0.15) is 5.82 Å². The Hall–Kier alpha value is -2.36. The summed E-state index contributed by atoms with van der Waals surface area (Å²) in [7, 11) is 0. The predicted molar refractivity (Wildman–Crippen MR) is 85.4 cm³/mol. The highest BCUT2D eigenvalue weighted by atomic mass is 16.2. The molecule has 1 aliphatic rings. The van der Waals surface area contributed by atoms with E-state index in [4.69, 9.17) is 4.98 Å². The number of pyridine rings is 1. The summed E-state index contributed by atoms with van der Waals surface area (Å²) >= 11 is 0. The van der Waals surface area contributed by atoms with E-state index in [0.717, 1.165) is 42.9 Å². The number of piperazine rings is 1. The van der Waals surface area contributed by atoms with E-state index in [1.165, 1.54) is 0 Å². The van der Waals surface area contributed by atoms with E-state index in [1.807, 2.05) is 30.0 Å². The van der Waals surface area contributed by atoms with Crippen LogP contribution in [-0.2, 0) is 4.79 Å². The third-order valence-electron chi connectivity index (χ3n) is 3.81. The van der Waals surface area contributed by atoms with Crippen LogP contribution in [0.4, 0.5) is 5.82 Å². The maximum atomic E-state index is 11.8. The molecule has 0 spiro atoms. The highest BCUT2D eigenvalue weighted by Crippen LogP contribution is 2.19. The van der Waals surface area contributed by atoms with Crippen molar-refractivity contribution in [1.29, 1.82) is 0 Å². The minimum atomic E-state index is 0.101. The summed E-state index contributed by atoms with van der Waals surface area (Å²) in [5, 5.41) is 1.16. The van der Waals surface area contributed by atoms with E-state index in [-0.39, 0.29) is 5.91 Å². The molecule has 1 fully saturated rings. The highest BCUT2D eigenvalue weighted by molar-refractivity contribution is 5.87. The van der Waals surface area contributed by atoms with Crippen LogP contribution in [-0.4, -0.2) is 42.0 Å². The van der Waals surface area contributed by atoms with Gasteiger partial charge in [-0.25, -0.2) is 4.98 Å². The first-order chi connectivity index (χ1) is 10.3. The number of hydrogen-bond acceptors (Lipinski definition) is 3.